The lowest BCUT2D eigenvalue weighted by atomic mass is 9.89. The molecule has 136 valence electrons. The predicted octanol–water partition coefficient (Wildman–Crippen LogP) is -6.17. The highest BCUT2D eigenvalue weighted by atomic mass is 16.5. The van der Waals surface area contributed by atoms with Gasteiger partial charge in [-0.2, -0.15) is 0 Å². The summed E-state index contributed by atoms with van der Waals surface area (Å²) in [5.74, 6) is -1.35. The van der Waals surface area contributed by atoms with Crippen LogP contribution < -0.4 is 0 Å². The molecule has 0 radical (unpaired) electrons. The lowest BCUT2D eigenvalue weighted by Gasteiger charge is -2.40. The lowest BCUT2D eigenvalue weighted by molar-refractivity contribution is -0.231. The molecule has 11 nitrogen and oxygen atoms in total. The molecule has 1 rings (SSSR count). The monoisotopic (exact) mass is 342 g/mol. The van der Waals surface area contributed by atoms with Crippen molar-refractivity contribution >= 4 is 5.78 Å². The first-order chi connectivity index (χ1) is 10.7. The summed E-state index contributed by atoms with van der Waals surface area (Å²) in [5, 5.41) is 84.5. The van der Waals surface area contributed by atoms with Crippen LogP contribution in [0.25, 0.3) is 0 Å². The molecule has 1 saturated heterocycles. The van der Waals surface area contributed by atoms with Crippen molar-refractivity contribution in [1.82, 2.24) is 0 Å². The van der Waals surface area contributed by atoms with Gasteiger partial charge in [0.25, 0.3) is 0 Å². The second-order valence-electron chi connectivity index (χ2n) is 5.33. The lowest BCUT2D eigenvalue weighted by Crippen LogP contribution is -2.63. The topological polar surface area (TPSA) is 208 Å². The Hall–Kier alpha value is -0.730. The molecule has 1 aliphatic rings. The van der Waals surface area contributed by atoms with Crippen molar-refractivity contribution in [1.29, 1.82) is 0 Å². The Labute approximate surface area is 130 Å². The molecule has 11 heteroatoms. The average Bonchev–Trinajstić information content (AvgIpc) is 2.56. The van der Waals surface area contributed by atoms with Gasteiger partial charge < -0.3 is 50.7 Å². The van der Waals surface area contributed by atoms with Crippen LogP contribution in [0, 0.1) is 0 Å². The molecule has 0 spiro atoms. The number of carbonyl (C=O) groups excluding carboxylic acids is 1. The van der Waals surface area contributed by atoms with E-state index in [1.165, 1.54) is 0 Å². The first-order valence-corrected chi connectivity index (χ1v) is 6.84. The number of hydrogen-bond donors (Lipinski definition) is 9. The second kappa shape index (κ2) is 8.39. The summed E-state index contributed by atoms with van der Waals surface area (Å²) in [6.07, 6.45) is -17.2. The van der Waals surface area contributed by atoms with E-state index in [-0.39, 0.29) is 0 Å². The highest BCUT2D eigenvalue weighted by molar-refractivity contribution is 5.88. The molecule has 0 aromatic heterocycles. The van der Waals surface area contributed by atoms with Crippen LogP contribution in [0.1, 0.15) is 0 Å². The molecule has 9 N–H and O–H groups in total. The van der Waals surface area contributed by atoms with E-state index in [0.29, 0.717) is 0 Å². The summed E-state index contributed by atoms with van der Waals surface area (Å²) in [7, 11) is 0. The number of aliphatic hydroxyl groups excluding tert-OH is 9. The largest absolute Gasteiger partial charge is 0.394 e. The fraction of sp³-hybridized carbons (Fsp3) is 0.917. The van der Waals surface area contributed by atoms with E-state index in [1.807, 2.05) is 0 Å². The summed E-state index contributed by atoms with van der Waals surface area (Å²) in [6.45, 7) is -1.74. The van der Waals surface area contributed by atoms with Crippen LogP contribution in [0.5, 0.6) is 0 Å². The molecular formula is C12H22O11. The van der Waals surface area contributed by atoms with Crippen LogP contribution >= 0.6 is 0 Å². The maximum absolute atomic E-state index is 12.1. The van der Waals surface area contributed by atoms with E-state index in [0.717, 1.165) is 0 Å². The van der Waals surface area contributed by atoms with Crippen LogP contribution in [0.2, 0.25) is 0 Å². The summed E-state index contributed by atoms with van der Waals surface area (Å²) in [6, 6.07) is 0. The Balaban J connectivity index is 2.85. The van der Waals surface area contributed by atoms with E-state index < -0.39 is 73.9 Å². The van der Waals surface area contributed by atoms with E-state index in [2.05, 4.69) is 0 Å². The highest BCUT2D eigenvalue weighted by Gasteiger charge is 2.49. The Kier molecular flexibility index (Phi) is 7.41. The molecule has 1 fully saturated rings. The van der Waals surface area contributed by atoms with Gasteiger partial charge in [-0.15, -0.1) is 0 Å². The number of carbonyl (C=O) groups is 1. The minimum Gasteiger partial charge on any atom is -0.394 e. The minimum atomic E-state index is -2.33. The first-order valence-electron chi connectivity index (χ1n) is 6.84. The zero-order valence-corrected chi connectivity index (χ0v) is 12.0. The molecule has 1 heterocycles. The van der Waals surface area contributed by atoms with Gasteiger partial charge in [0.05, 0.1) is 13.2 Å². The maximum Gasteiger partial charge on any atom is 0.195 e. The molecular weight excluding hydrogens is 320 g/mol. The van der Waals surface area contributed by atoms with Crippen LogP contribution in [0.4, 0.5) is 0 Å². The van der Waals surface area contributed by atoms with Crippen molar-refractivity contribution < 1.29 is 55.5 Å². The van der Waals surface area contributed by atoms with Gasteiger partial charge in [0.15, 0.2) is 5.78 Å². The maximum atomic E-state index is 12.1. The zero-order valence-electron chi connectivity index (χ0n) is 12.0. The summed E-state index contributed by atoms with van der Waals surface area (Å²) < 4.78 is 4.91. The fourth-order valence-corrected chi connectivity index (χ4v) is 2.20. The molecule has 0 amide bonds. The molecule has 0 bridgehead atoms. The smallest absolute Gasteiger partial charge is 0.195 e. The third kappa shape index (κ3) is 4.22. The molecule has 23 heavy (non-hydrogen) atoms. The fourth-order valence-electron chi connectivity index (χ4n) is 2.20. The summed E-state index contributed by atoms with van der Waals surface area (Å²) in [5.41, 5.74) is 0. The molecule has 0 saturated carbocycles. The van der Waals surface area contributed by atoms with Crippen LogP contribution in [-0.2, 0) is 9.53 Å². The van der Waals surface area contributed by atoms with Gasteiger partial charge in [0.1, 0.15) is 54.9 Å². The molecule has 9 atom stereocenters. The van der Waals surface area contributed by atoms with E-state index in [4.69, 9.17) is 14.9 Å². The van der Waals surface area contributed by atoms with Crippen molar-refractivity contribution in [2.75, 3.05) is 13.2 Å². The van der Waals surface area contributed by atoms with E-state index >= 15 is 0 Å². The van der Waals surface area contributed by atoms with Gasteiger partial charge in [0.2, 0.25) is 0 Å². The number of hydrogen-bond acceptors (Lipinski definition) is 11. The number of rotatable bonds is 7. The summed E-state index contributed by atoms with van der Waals surface area (Å²) in [4.78, 5) is 12.1. The normalized spacial score (nSPS) is 37.0. The Morgan fingerprint density at radius 2 is 1.48 bits per heavy atom. The van der Waals surface area contributed by atoms with Crippen molar-refractivity contribution in [3.63, 3.8) is 0 Å². The molecule has 0 aliphatic carbocycles. The first kappa shape index (κ1) is 20.3. The molecule has 1 unspecified atom stereocenters. The average molecular weight is 342 g/mol. The van der Waals surface area contributed by atoms with Crippen LogP contribution in [0.3, 0.4) is 0 Å². The van der Waals surface area contributed by atoms with E-state index in [9.17, 15) is 40.5 Å². The van der Waals surface area contributed by atoms with Gasteiger partial charge in [-0.05, 0) is 0 Å². The third-order valence-corrected chi connectivity index (χ3v) is 3.72. The van der Waals surface area contributed by atoms with Crippen LogP contribution in [-0.4, -0.2) is 120 Å². The van der Waals surface area contributed by atoms with Gasteiger partial charge in [-0.3, -0.25) is 4.79 Å². The van der Waals surface area contributed by atoms with Crippen molar-refractivity contribution in [3.8, 4) is 0 Å². The number of ether oxygens (including phenoxy) is 1. The molecule has 1 aliphatic heterocycles. The van der Waals surface area contributed by atoms with Gasteiger partial charge >= 0.3 is 0 Å². The van der Waals surface area contributed by atoms with Crippen LogP contribution in [0.15, 0.2) is 0 Å². The Bertz CT molecular complexity index is 389. The van der Waals surface area contributed by atoms with Gasteiger partial charge in [0, 0.05) is 0 Å². The quantitative estimate of drug-likeness (QED) is 0.212. The number of aliphatic hydroxyl groups is 9. The van der Waals surface area contributed by atoms with E-state index in [1.54, 1.807) is 0 Å². The second-order valence-corrected chi connectivity index (χ2v) is 5.33. The Morgan fingerprint density at radius 3 is 1.96 bits per heavy atom. The van der Waals surface area contributed by atoms with Crippen molar-refractivity contribution in [3.05, 3.63) is 0 Å². The van der Waals surface area contributed by atoms with Gasteiger partial charge in [-0.25, -0.2) is 0 Å². The van der Waals surface area contributed by atoms with Gasteiger partial charge in [-0.1, -0.05) is 0 Å². The summed E-state index contributed by atoms with van der Waals surface area (Å²) >= 11 is 0. The third-order valence-electron chi connectivity index (χ3n) is 3.72. The number of ketones is 1. The standard InChI is InChI=1S/C12H22O11/c13-1-3(15)5(16)7(18)9(20)11(22)12-10(21)8(19)6(17)4(2-14)23-12/h3-10,12-21H,1-2H2/t3-,4-,5-,6-,7+,8+,9+,10-,12?/m1/s1. The highest BCUT2D eigenvalue weighted by Crippen LogP contribution is 2.23. The number of Topliss-reactive ketones (excluding diaryl/α,β-unsaturated/α-hetero) is 1. The minimum absolute atomic E-state index is 0.792. The zero-order chi connectivity index (χ0) is 17.9. The Morgan fingerprint density at radius 1 is 0.913 bits per heavy atom. The SMILES string of the molecule is O=C(C1O[C@H](CO)[C@@H](O)[C@H](O)[C@H]1O)[C@@H](O)[C@@H](O)[C@H](O)[C@H](O)CO. The predicted molar refractivity (Wildman–Crippen MR) is 69.9 cm³/mol. The van der Waals surface area contributed by atoms with Crippen molar-refractivity contribution in [2.45, 2.75) is 54.9 Å². The van der Waals surface area contributed by atoms with Crippen molar-refractivity contribution in [2.24, 2.45) is 0 Å². The molecule has 0 aromatic rings. The molecule has 0 aromatic carbocycles.